The van der Waals surface area contributed by atoms with Crippen LogP contribution in [0.15, 0.2) is 72.9 Å². The van der Waals surface area contributed by atoms with E-state index in [1.54, 1.807) is 42.5 Å². The lowest BCUT2D eigenvalue weighted by molar-refractivity contribution is 0.0959. The average molecular weight is 639 g/mol. The summed E-state index contributed by atoms with van der Waals surface area (Å²) in [6.07, 6.45) is 8.84. The van der Waals surface area contributed by atoms with E-state index in [0.29, 0.717) is 28.4 Å². The fourth-order valence-electron chi connectivity index (χ4n) is 5.97. The van der Waals surface area contributed by atoms with Crippen LogP contribution in [0, 0.1) is 0 Å². The van der Waals surface area contributed by atoms with Crippen molar-refractivity contribution < 1.29 is 19.1 Å². The zero-order valence-electron chi connectivity index (χ0n) is 27.6. The number of ether oxygens (including phenoxy) is 1. The van der Waals surface area contributed by atoms with Gasteiger partial charge in [-0.25, -0.2) is 4.79 Å². The Labute approximate surface area is 276 Å². The van der Waals surface area contributed by atoms with Crippen molar-refractivity contribution in [1.29, 1.82) is 0 Å². The standard InChI is InChI=1S/C37H46N6O4/c1-4-28(5-2)40-37(46)41-30-13-17-34(32(25-30)36(45)38-3)47-31-14-11-29(12-15-31)39-35(44)27-10-16-33-26(24-27)18-23-43(33)22-9-21-42-19-7-6-8-20-42/h10-18,23-25,28H,4-9,19-22H2,1-3H3,(H,38,45)(H,39,44)(H2,40,41,46). The number of nitrogens with zero attached hydrogens (tertiary/aromatic N) is 2. The van der Waals surface area contributed by atoms with Gasteiger partial charge in [0, 0.05) is 53.7 Å². The molecule has 1 aromatic heterocycles. The molecule has 2 heterocycles. The van der Waals surface area contributed by atoms with Crippen molar-refractivity contribution in [3.8, 4) is 11.5 Å². The number of anilines is 2. The number of aryl methyl sites for hydroxylation is 1. The molecule has 3 aromatic carbocycles. The van der Waals surface area contributed by atoms with Crippen LogP contribution in [-0.2, 0) is 6.54 Å². The highest BCUT2D eigenvalue weighted by molar-refractivity contribution is 6.06. The second kappa shape index (κ2) is 16.1. The number of amides is 4. The summed E-state index contributed by atoms with van der Waals surface area (Å²) in [4.78, 5) is 40.8. The van der Waals surface area contributed by atoms with Crippen LogP contribution < -0.4 is 26.0 Å². The molecule has 4 aromatic rings. The van der Waals surface area contributed by atoms with E-state index in [0.717, 1.165) is 43.3 Å². The van der Waals surface area contributed by atoms with E-state index in [2.05, 4.69) is 43.0 Å². The summed E-state index contributed by atoms with van der Waals surface area (Å²) in [7, 11) is 1.54. The molecule has 0 saturated carbocycles. The predicted molar refractivity (Wildman–Crippen MR) is 188 cm³/mol. The van der Waals surface area contributed by atoms with Crippen molar-refractivity contribution in [3.63, 3.8) is 0 Å². The number of rotatable bonds is 13. The minimum Gasteiger partial charge on any atom is -0.457 e. The molecule has 1 saturated heterocycles. The Balaban J connectivity index is 1.18. The van der Waals surface area contributed by atoms with Gasteiger partial charge in [-0.1, -0.05) is 20.3 Å². The van der Waals surface area contributed by atoms with Gasteiger partial charge in [0.1, 0.15) is 11.5 Å². The van der Waals surface area contributed by atoms with Gasteiger partial charge in [0.15, 0.2) is 0 Å². The number of nitrogens with one attached hydrogen (secondary N) is 4. The van der Waals surface area contributed by atoms with Crippen LogP contribution >= 0.6 is 0 Å². The van der Waals surface area contributed by atoms with Crippen molar-refractivity contribution in [2.45, 2.75) is 65.0 Å². The molecular weight excluding hydrogens is 592 g/mol. The number of fused-ring (bicyclic) bond motifs is 1. The topological polar surface area (TPSA) is 117 Å². The largest absolute Gasteiger partial charge is 0.457 e. The lowest BCUT2D eigenvalue weighted by atomic mass is 10.1. The van der Waals surface area contributed by atoms with Crippen LogP contribution in [0.3, 0.4) is 0 Å². The van der Waals surface area contributed by atoms with Crippen LogP contribution in [-0.4, -0.2) is 60.0 Å². The first-order valence-electron chi connectivity index (χ1n) is 16.7. The Hall–Kier alpha value is -4.83. The van der Waals surface area contributed by atoms with E-state index in [4.69, 9.17) is 4.74 Å². The second-order valence-electron chi connectivity index (χ2n) is 12.0. The van der Waals surface area contributed by atoms with E-state index in [9.17, 15) is 14.4 Å². The number of benzene rings is 3. The molecule has 248 valence electrons. The molecule has 5 rings (SSSR count). The predicted octanol–water partition coefficient (Wildman–Crippen LogP) is 7.23. The molecule has 1 aliphatic rings. The normalized spacial score (nSPS) is 13.4. The summed E-state index contributed by atoms with van der Waals surface area (Å²) in [6.45, 7) is 8.55. The summed E-state index contributed by atoms with van der Waals surface area (Å²) in [6, 6.07) is 19.5. The van der Waals surface area contributed by atoms with Crippen LogP contribution in [0.2, 0.25) is 0 Å². The van der Waals surface area contributed by atoms with Gasteiger partial charge in [-0.05, 0) is 118 Å². The van der Waals surface area contributed by atoms with Crippen LogP contribution in [0.25, 0.3) is 10.9 Å². The third kappa shape index (κ3) is 8.92. The maximum absolute atomic E-state index is 13.1. The van der Waals surface area contributed by atoms with Gasteiger partial charge >= 0.3 is 6.03 Å². The van der Waals surface area contributed by atoms with Crippen LogP contribution in [0.4, 0.5) is 16.2 Å². The molecule has 1 aliphatic heterocycles. The molecule has 0 radical (unpaired) electrons. The molecule has 47 heavy (non-hydrogen) atoms. The Morgan fingerprint density at radius 3 is 2.28 bits per heavy atom. The molecule has 4 amide bonds. The minimum atomic E-state index is -0.349. The average Bonchev–Trinajstić information content (AvgIpc) is 3.50. The molecule has 10 nitrogen and oxygen atoms in total. The number of carbonyl (C=O) groups is 3. The molecular formula is C37H46N6O4. The molecule has 0 atom stereocenters. The fraction of sp³-hybridized carbons (Fsp3) is 0.378. The van der Waals surface area contributed by atoms with Gasteiger partial charge in [-0.3, -0.25) is 9.59 Å². The third-order valence-corrected chi connectivity index (χ3v) is 8.73. The smallest absolute Gasteiger partial charge is 0.319 e. The van der Waals surface area contributed by atoms with Gasteiger partial charge in [-0.2, -0.15) is 0 Å². The van der Waals surface area contributed by atoms with E-state index in [-0.39, 0.29) is 29.5 Å². The first-order chi connectivity index (χ1) is 22.9. The quantitative estimate of drug-likeness (QED) is 0.123. The number of aromatic nitrogens is 1. The Bertz CT molecular complexity index is 1670. The highest BCUT2D eigenvalue weighted by Crippen LogP contribution is 2.29. The third-order valence-electron chi connectivity index (χ3n) is 8.73. The number of urea groups is 1. The molecule has 10 heteroatoms. The lowest BCUT2D eigenvalue weighted by Crippen LogP contribution is -2.37. The lowest BCUT2D eigenvalue weighted by Gasteiger charge is -2.26. The van der Waals surface area contributed by atoms with Gasteiger partial charge in [0.25, 0.3) is 11.8 Å². The number of carbonyl (C=O) groups excluding carboxylic acids is 3. The monoisotopic (exact) mass is 638 g/mol. The van der Waals surface area contributed by atoms with Gasteiger partial charge < -0.3 is 35.5 Å². The van der Waals surface area contributed by atoms with Gasteiger partial charge in [0.2, 0.25) is 0 Å². The second-order valence-corrected chi connectivity index (χ2v) is 12.0. The maximum atomic E-state index is 13.1. The molecule has 0 unspecified atom stereocenters. The van der Waals surface area contributed by atoms with E-state index < -0.39 is 0 Å². The van der Waals surface area contributed by atoms with Crippen molar-refractivity contribution in [3.05, 3.63) is 84.1 Å². The number of likely N-dealkylation sites (tertiary alicyclic amines) is 1. The number of hydrogen-bond donors (Lipinski definition) is 4. The van der Waals surface area contributed by atoms with Crippen LogP contribution in [0.1, 0.15) is 73.1 Å². The SMILES string of the molecule is CCC(CC)NC(=O)Nc1ccc(Oc2ccc(NC(=O)c3ccc4c(ccn4CCCN4CCCCC4)c3)cc2)c(C(=O)NC)c1. The summed E-state index contributed by atoms with van der Waals surface area (Å²) in [5.74, 6) is 0.275. The number of hydrogen-bond acceptors (Lipinski definition) is 5. The Kier molecular flexibility index (Phi) is 11.5. The Morgan fingerprint density at radius 2 is 1.55 bits per heavy atom. The molecule has 4 N–H and O–H groups in total. The summed E-state index contributed by atoms with van der Waals surface area (Å²) < 4.78 is 8.31. The van der Waals surface area contributed by atoms with Crippen molar-refractivity contribution in [1.82, 2.24) is 20.1 Å². The summed E-state index contributed by atoms with van der Waals surface area (Å²) in [5.41, 5.74) is 3.08. The van der Waals surface area contributed by atoms with Gasteiger partial charge in [-0.15, -0.1) is 0 Å². The van der Waals surface area contributed by atoms with E-state index in [1.807, 2.05) is 32.0 Å². The highest BCUT2D eigenvalue weighted by atomic mass is 16.5. The zero-order chi connectivity index (χ0) is 33.2. The first-order valence-corrected chi connectivity index (χ1v) is 16.7. The molecule has 1 fully saturated rings. The van der Waals surface area contributed by atoms with E-state index >= 15 is 0 Å². The number of piperidine rings is 1. The molecule has 0 spiro atoms. The fourth-order valence-corrected chi connectivity index (χ4v) is 5.97. The summed E-state index contributed by atoms with van der Waals surface area (Å²) in [5, 5.41) is 12.3. The van der Waals surface area contributed by atoms with Gasteiger partial charge in [0.05, 0.1) is 5.56 Å². The molecule has 0 aliphatic carbocycles. The van der Waals surface area contributed by atoms with Crippen molar-refractivity contribution in [2.75, 3.05) is 37.3 Å². The van der Waals surface area contributed by atoms with E-state index in [1.165, 1.54) is 39.4 Å². The zero-order valence-corrected chi connectivity index (χ0v) is 27.6. The van der Waals surface area contributed by atoms with Crippen molar-refractivity contribution >= 4 is 40.1 Å². The van der Waals surface area contributed by atoms with Crippen molar-refractivity contribution in [2.24, 2.45) is 0 Å². The summed E-state index contributed by atoms with van der Waals surface area (Å²) >= 11 is 0. The maximum Gasteiger partial charge on any atom is 0.319 e. The first kappa shape index (κ1) is 33.5. The Morgan fingerprint density at radius 1 is 0.809 bits per heavy atom. The molecule has 0 bridgehead atoms. The highest BCUT2D eigenvalue weighted by Gasteiger charge is 2.16. The minimum absolute atomic E-state index is 0.0734. The van der Waals surface area contributed by atoms with Crippen LogP contribution in [0.5, 0.6) is 11.5 Å².